The lowest BCUT2D eigenvalue weighted by Crippen LogP contribution is -2.12. The molecule has 0 aliphatic carbocycles. The van der Waals surface area contributed by atoms with Crippen LogP contribution in [0.2, 0.25) is 5.02 Å². The minimum Gasteiger partial charge on any atom is -0.380 e. The minimum atomic E-state index is -0.816. The van der Waals surface area contributed by atoms with Crippen LogP contribution in [-0.4, -0.2) is 19.6 Å². The number of rotatable bonds is 3. The largest absolute Gasteiger partial charge is 0.380 e. The highest BCUT2D eigenvalue weighted by Crippen LogP contribution is 2.27. The van der Waals surface area contributed by atoms with Gasteiger partial charge in [0.1, 0.15) is 6.10 Å². The molecule has 1 unspecified atom stereocenters. The second-order valence-corrected chi connectivity index (χ2v) is 5.37. The predicted molar refractivity (Wildman–Crippen MR) is 73.6 cm³/mol. The van der Waals surface area contributed by atoms with Crippen LogP contribution in [0.4, 0.5) is 0 Å². The molecular formula is C12H13BrClN3O. The maximum atomic E-state index is 10.3. The van der Waals surface area contributed by atoms with Crippen molar-refractivity contribution in [3.05, 3.63) is 45.7 Å². The van der Waals surface area contributed by atoms with E-state index in [0.29, 0.717) is 21.1 Å². The number of hydrogen-bond donors (Lipinski definition) is 1. The van der Waals surface area contributed by atoms with Gasteiger partial charge in [0.2, 0.25) is 0 Å². The summed E-state index contributed by atoms with van der Waals surface area (Å²) in [5.74, 6) is 0. The fraction of sp³-hybridized carbons (Fsp3) is 0.333. The molecule has 0 amide bonds. The monoisotopic (exact) mass is 329 g/mol. The van der Waals surface area contributed by atoms with Crippen LogP contribution in [0, 0.1) is 0 Å². The Hall–Kier alpha value is -0.910. The van der Waals surface area contributed by atoms with Gasteiger partial charge in [0.05, 0.1) is 22.6 Å². The summed E-state index contributed by atoms with van der Waals surface area (Å²) in [4.78, 5) is 8.29. The van der Waals surface area contributed by atoms with Gasteiger partial charge in [-0.05, 0) is 41.9 Å². The first kappa shape index (κ1) is 13.5. The molecule has 1 N–H and O–H groups in total. The van der Waals surface area contributed by atoms with Gasteiger partial charge in [-0.25, -0.2) is 4.98 Å². The first-order valence-corrected chi connectivity index (χ1v) is 6.70. The van der Waals surface area contributed by atoms with Crippen molar-refractivity contribution in [2.45, 2.75) is 26.0 Å². The third kappa shape index (κ3) is 2.58. The van der Waals surface area contributed by atoms with Crippen LogP contribution in [-0.2, 0) is 0 Å². The summed E-state index contributed by atoms with van der Waals surface area (Å²) in [5.41, 5.74) is 1.25. The van der Waals surface area contributed by atoms with Gasteiger partial charge in [-0.3, -0.25) is 4.98 Å². The summed E-state index contributed by atoms with van der Waals surface area (Å²) < 4.78 is 2.61. The summed E-state index contributed by atoms with van der Waals surface area (Å²) in [6.45, 7) is 4.05. The second-order valence-electron chi connectivity index (χ2n) is 4.22. The summed E-state index contributed by atoms with van der Waals surface area (Å²) in [6.07, 6.45) is 2.35. The van der Waals surface area contributed by atoms with Gasteiger partial charge in [0.25, 0.3) is 0 Å². The van der Waals surface area contributed by atoms with Crippen molar-refractivity contribution in [1.29, 1.82) is 0 Å². The first-order valence-electron chi connectivity index (χ1n) is 5.53. The molecule has 0 saturated heterocycles. The van der Waals surface area contributed by atoms with Gasteiger partial charge in [-0.2, -0.15) is 0 Å². The van der Waals surface area contributed by atoms with E-state index in [-0.39, 0.29) is 6.04 Å². The van der Waals surface area contributed by atoms with Crippen molar-refractivity contribution in [1.82, 2.24) is 14.5 Å². The highest BCUT2D eigenvalue weighted by molar-refractivity contribution is 9.10. The zero-order valence-electron chi connectivity index (χ0n) is 10.0. The van der Waals surface area contributed by atoms with Crippen LogP contribution in [0.1, 0.15) is 37.4 Å². The summed E-state index contributed by atoms with van der Waals surface area (Å²) in [6, 6.07) is 3.61. The Kier molecular flexibility index (Phi) is 4.04. The molecule has 2 aromatic heterocycles. The quantitative estimate of drug-likeness (QED) is 0.939. The Morgan fingerprint density at radius 3 is 2.56 bits per heavy atom. The number of aliphatic hydroxyl groups is 1. The van der Waals surface area contributed by atoms with Crippen LogP contribution < -0.4 is 0 Å². The van der Waals surface area contributed by atoms with E-state index in [2.05, 4.69) is 25.9 Å². The van der Waals surface area contributed by atoms with E-state index in [0.717, 1.165) is 0 Å². The van der Waals surface area contributed by atoms with Crippen molar-refractivity contribution in [3.63, 3.8) is 0 Å². The number of nitrogens with zero attached hydrogens (tertiary/aromatic N) is 3. The lowest BCUT2D eigenvalue weighted by atomic mass is 10.1. The van der Waals surface area contributed by atoms with Gasteiger partial charge in [-0.15, -0.1) is 0 Å². The molecule has 18 heavy (non-hydrogen) atoms. The third-order valence-corrected chi connectivity index (χ3v) is 3.42. The van der Waals surface area contributed by atoms with Crippen molar-refractivity contribution in [2.24, 2.45) is 0 Å². The van der Waals surface area contributed by atoms with Gasteiger partial charge in [-0.1, -0.05) is 11.6 Å². The Labute approximate surface area is 119 Å². The van der Waals surface area contributed by atoms with Crippen molar-refractivity contribution in [2.75, 3.05) is 0 Å². The number of pyridine rings is 1. The molecule has 6 heteroatoms. The first-order chi connectivity index (χ1) is 8.50. The van der Waals surface area contributed by atoms with Gasteiger partial charge >= 0.3 is 0 Å². The number of imidazole rings is 1. The summed E-state index contributed by atoms with van der Waals surface area (Å²) in [7, 11) is 0. The topological polar surface area (TPSA) is 50.9 Å². The van der Waals surface area contributed by atoms with E-state index in [1.807, 2.05) is 18.4 Å². The lowest BCUT2D eigenvalue weighted by Gasteiger charge is -2.17. The van der Waals surface area contributed by atoms with E-state index >= 15 is 0 Å². The molecule has 0 aliphatic rings. The number of aliphatic hydroxyl groups excluding tert-OH is 1. The van der Waals surface area contributed by atoms with Crippen molar-refractivity contribution >= 4 is 27.5 Å². The molecule has 4 nitrogen and oxygen atoms in total. The van der Waals surface area contributed by atoms with Gasteiger partial charge in [0.15, 0.2) is 4.73 Å². The Balaban J connectivity index is 2.40. The molecule has 0 spiro atoms. The molecular weight excluding hydrogens is 318 g/mol. The third-order valence-electron chi connectivity index (χ3n) is 2.61. The standard InChI is InChI=1S/C12H13BrClN3O/c1-7(2)17-10(6-16-12(17)13)11(18)9-4-3-8(14)5-15-9/h3-7,11,18H,1-2H3. The average molecular weight is 331 g/mol. The van der Waals surface area contributed by atoms with Crippen molar-refractivity contribution < 1.29 is 5.11 Å². The van der Waals surface area contributed by atoms with E-state index in [9.17, 15) is 5.11 Å². The highest BCUT2D eigenvalue weighted by atomic mass is 79.9. The zero-order valence-corrected chi connectivity index (χ0v) is 12.4. The number of hydrogen-bond acceptors (Lipinski definition) is 3. The van der Waals surface area contributed by atoms with Crippen LogP contribution in [0.15, 0.2) is 29.3 Å². The normalized spacial score (nSPS) is 13.0. The van der Waals surface area contributed by atoms with Crippen LogP contribution >= 0.6 is 27.5 Å². The fourth-order valence-electron chi connectivity index (χ4n) is 1.76. The SMILES string of the molecule is CC(C)n1c(C(O)c2ccc(Cl)cn2)cnc1Br. The molecule has 0 fully saturated rings. The molecule has 0 saturated carbocycles. The van der Waals surface area contributed by atoms with Crippen LogP contribution in [0.5, 0.6) is 0 Å². The molecule has 0 bridgehead atoms. The van der Waals surface area contributed by atoms with Crippen LogP contribution in [0.3, 0.4) is 0 Å². The van der Waals surface area contributed by atoms with Gasteiger partial charge in [0, 0.05) is 12.2 Å². The number of aromatic nitrogens is 3. The predicted octanol–water partition coefficient (Wildman–Crippen LogP) is 3.36. The van der Waals surface area contributed by atoms with Crippen LogP contribution in [0.25, 0.3) is 0 Å². The van der Waals surface area contributed by atoms with E-state index < -0.39 is 6.10 Å². The van der Waals surface area contributed by atoms with E-state index in [4.69, 9.17) is 11.6 Å². The molecule has 1 atom stereocenters. The lowest BCUT2D eigenvalue weighted by molar-refractivity contribution is 0.202. The zero-order chi connectivity index (χ0) is 13.3. The fourth-order valence-corrected chi connectivity index (χ4v) is 2.59. The molecule has 2 heterocycles. The molecule has 0 aromatic carbocycles. The average Bonchev–Trinajstić information content (AvgIpc) is 2.71. The summed E-state index contributed by atoms with van der Waals surface area (Å²) >= 11 is 9.15. The Bertz CT molecular complexity index is 539. The minimum absolute atomic E-state index is 0.193. The summed E-state index contributed by atoms with van der Waals surface area (Å²) in [5, 5.41) is 10.9. The Morgan fingerprint density at radius 2 is 2.00 bits per heavy atom. The van der Waals surface area contributed by atoms with E-state index in [1.54, 1.807) is 18.3 Å². The number of halogens is 2. The molecule has 2 aromatic rings. The maximum Gasteiger partial charge on any atom is 0.177 e. The molecule has 2 rings (SSSR count). The molecule has 0 radical (unpaired) electrons. The Morgan fingerprint density at radius 1 is 1.28 bits per heavy atom. The van der Waals surface area contributed by atoms with Gasteiger partial charge < -0.3 is 9.67 Å². The van der Waals surface area contributed by atoms with Crippen molar-refractivity contribution in [3.8, 4) is 0 Å². The highest BCUT2D eigenvalue weighted by Gasteiger charge is 2.20. The smallest absolute Gasteiger partial charge is 0.177 e. The molecule has 96 valence electrons. The maximum absolute atomic E-state index is 10.3. The van der Waals surface area contributed by atoms with E-state index in [1.165, 1.54) is 6.20 Å². The second kappa shape index (κ2) is 5.38. The molecule has 0 aliphatic heterocycles.